The second-order valence-corrected chi connectivity index (χ2v) is 10.1. The van der Waals surface area contributed by atoms with Crippen molar-refractivity contribution in [3.8, 4) is 0 Å². The monoisotopic (exact) mass is 467 g/mol. The van der Waals surface area contributed by atoms with Gasteiger partial charge in [0, 0.05) is 32.7 Å². The van der Waals surface area contributed by atoms with E-state index in [-0.39, 0.29) is 17.0 Å². The Morgan fingerprint density at radius 1 is 0.867 bits per heavy atom. The highest BCUT2D eigenvalue weighted by atomic mass is 35.5. The van der Waals surface area contributed by atoms with Gasteiger partial charge in [-0.3, -0.25) is 9.69 Å². The molecule has 0 unspecified atom stereocenters. The highest BCUT2D eigenvalue weighted by Crippen LogP contribution is 2.33. The normalized spacial score (nSPS) is 18.7. The molecule has 0 bridgehead atoms. The number of carbonyl (C=O) groups excluding carboxylic acids is 1. The molecule has 2 heterocycles. The quantitative estimate of drug-likeness (QED) is 0.605. The number of hydrogen-bond donors (Lipinski definition) is 0. The molecule has 0 radical (unpaired) electrons. The van der Waals surface area contributed by atoms with Gasteiger partial charge in [-0.2, -0.15) is 0 Å². The van der Waals surface area contributed by atoms with Gasteiger partial charge in [-0.15, -0.1) is 0 Å². The largest absolute Gasteiger partial charge is 0.368 e. The number of hydrogen-bond acceptors (Lipinski definition) is 5. The molecule has 6 nitrogen and oxygen atoms in total. The van der Waals surface area contributed by atoms with Crippen LogP contribution in [0.5, 0.6) is 0 Å². The van der Waals surface area contributed by atoms with Crippen molar-refractivity contribution < 1.29 is 13.2 Å². The van der Waals surface area contributed by atoms with Crippen molar-refractivity contribution >= 4 is 44.8 Å². The van der Waals surface area contributed by atoms with Gasteiger partial charge in [0.05, 0.1) is 21.3 Å². The average Bonchev–Trinajstić information content (AvgIpc) is 2.94. The van der Waals surface area contributed by atoms with Crippen LogP contribution < -0.4 is 4.90 Å². The number of carbonyl (C=O) groups is 1. The first kappa shape index (κ1) is 21.4. The Hall–Kier alpha value is -1.80. The Bertz CT molecular complexity index is 1050. The molecule has 2 aliphatic rings. The van der Waals surface area contributed by atoms with Gasteiger partial charge in [0.25, 0.3) is 15.9 Å². The van der Waals surface area contributed by atoms with E-state index in [4.69, 9.17) is 23.2 Å². The van der Waals surface area contributed by atoms with Gasteiger partial charge >= 0.3 is 0 Å². The topological polar surface area (TPSA) is 60.9 Å². The van der Waals surface area contributed by atoms with E-state index in [1.165, 1.54) is 6.07 Å². The molecule has 1 fully saturated rings. The zero-order chi connectivity index (χ0) is 21.3. The fourth-order valence-electron chi connectivity index (χ4n) is 3.99. The highest BCUT2D eigenvalue weighted by Gasteiger charge is 2.40. The molecule has 0 atom stereocenters. The number of nitrogens with zero attached hydrogens (tertiary/aromatic N) is 3. The lowest BCUT2D eigenvalue weighted by atomic mass is 10.2. The Balaban J connectivity index is 1.25. The molecule has 2 aromatic rings. The van der Waals surface area contributed by atoms with Gasteiger partial charge in [-0.05, 0) is 43.7 Å². The van der Waals surface area contributed by atoms with E-state index in [2.05, 4.69) is 9.80 Å². The van der Waals surface area contributed by atoms with Crippen LogP contribution in [0.15, 0.2) is 47.4 Å². The number of halogens is 2. The molecule has 1 amide bonds. The number of unbranched alkanes of at least 4 members (excludes halogenated alkanes) is 1. The lowest BCUT2D eigenvalue weighted by Gasteiger charge is -2.36. The zero-order valence-corrected chi connectivity index (χ0v) is 18.8. The Labute approximate surface area is 187 Å². The minimum atomic E-state index is -3.71. The third-order valence-corrected chi connectivity index (χ3v) is 8.29. The molecule has 2 aliphatic heterocycles. The minimum Gasteiger partial charge on any atom is -0.368 e. The number of anilines is 1. The number of benzene rings is 2. The van der Waals surface area contributed by atoms with Crippen molar-refractivity contribution in [3.63, 3.8) is 0 Å². The molecule has 2 aromatic carbocycles. The molecular formula is C21H23Cl2N3O3S. The maximum Gasteiger partial charge on any atom is 0.269 e. The molecule has 0 aliphatic carbocycles. The van der Waals surface area contributed by atoms with Crippen LogP contribution in [-0.4, -0.2) is 62.8 Å². The van der Waals surface area contributed by atoms with Crippen LogP contribution in [0.3, 0.4) is 0 Å². The van der Waals surface area contributed by atoms with Crippen molar-refractivity contribution in [2.45, 2.75) is 17.7 Å². The van der Waals surface area contributed by atoms with E-state index in [0.717, 1.165) is 49.1 Å². The van der Waals surface area contributed by atoms with Crippen molar-refractivity contribution in [3.05, 3.63) is 58.1 Å². The fourth-order valence-corrected chi connectivity index (χ4v) is 6.01. The van der Waals surface area contributed by atoms with E-state index in [0.29, 0.717) is 16.5 Å². The Kier molecular flexibility index (Phi) is 6.25. The van der Waals surface area contributed by atoms with Crippen LogP contribution in [0.2, 0.25) is 10.0 Å². The number of sulfonamides is 1. The summed E-state index contributed by atoms with van der Waals surface area (Å²) in [6.45, 7) is 4.59. The summed E-state index contributed by atoms with van der Waals surface area (Å²) in [4.78, 5) is 17.1. The molecule has 0 aromatic heterocycles. The fraction of sp³-hybridized carbons (Fsp3) is 0.381. The van der Waals surface area contributed by atoms with Crippen molar-refractivity contribution in [2.75, 3.05) is 44.2 Å². The first-order valence-electron chi connectivity index (χ1n) is 9.97. The number of amides is 1. The van der Waals surface area contributed by atoms with Crippen LogP contribution >= 0.6 is 23.2 Å². The molecular weight excluding hydrogens is 445 g/mol. The first-order valence-corrected chi connectivity index (χ1v) is 12.2. The zero-order valence-electron chi connectivity index (χ0n) is 16.4. The van der Waals surface area contributed by atoms with Gasteiger partial charge in [-0.25, -0.2) is 12.7 Å². The summed E-state index contributed by atoms with van der Waals surface area (Å²) >= 11 is 12.4. The van der Waals surface area contributed by atoms with E-state index in [9.17, 15) is 13.2 Å². The molecule has 0 saturated carbocycles. The summed E-state index contributed by atoms with van der Waals surface area (Å²) in [5, 5.41) is 1.15. The predicted octanol–water partition coefficient (Wildman–Crippen LogP) is 3.74. The van der Waals surface area contributed by atoms with Crippen molar-refractivity contribution in [2.24, 2.45) is 0 Å². The number of piperazine rings is 1. The van der Waals surface area contributed by atoms with Gasteiger partial charge in [0.15, 0.2) is 0 Å². The van der Waals surface area contributed by atoms with E-state index < -0.39 is 15.9 Å². The molecule has 9 heteroatoms. The standard InChI is InChI=1S/C21H23Cl2N3O3S/c22-17-7-5-8-18(20(17)23)25-14-12-24(13-15-25)10-3-4-11-26-21(27)16-6-1-2-9-19(16)30(26,28)29/h1-2,5-9H,3-4,10-15H2. The smallest absolute Gasteiger partial charge is 0.269 e. The maximum absolute atomic E-state index is 12.6. The third kappa shape index (κ3) is 4.04. The SMILES string of the molecule is O=C1c2ccccc2S(=O)(=O)N1CCCCN1CCN(c2cccc(Cl)c2Cl)CC1. The van der Waals surface area contributed by atoms with Crippen LogP contribution in [-0.2, 0) is 10.0 Å². The van der Waals surface area contributed by atoms with Crippen LogP contribution in [0.25, 0.3) is 0 Å². The minimum absolute atomic E-state index is 0.116. The lowest BCUT2D eigenvalue weighted by Crippen LogP contribution is -2.46. The van der Waals surface area contributed by atoms with Crippen LogP contribution in [0.4, 0.5) is 5.69 Å². The molecule has 1 saturated heterocycles. The third-order valence-electron chi connectivity index (χ3n) is 5.64. The second kappa shape index (κ2) is 8.75. The first-order chi connectivity index (χ1) is 14.4. The van der Waals surface area contributed by atoms with Gasteiger partial charge in [0.2, 0.25) is 0 Å². The Morgan fingerprint density at radius 3 is 2.30 bits per heavy atom. The lowest BCUT2D eigenvalue weighted by molar-refractivity contribution is 0.0868. The van der Waals surface area contributed by atoms with E-state index in [1.54, 1.807) is 24.3 Å². The second-order valence-electron chi connectivity index (χ2n) is 7.49. The maximum atomic E-state index is 12.6. The van der Waals surface area contributed by atoms with Gasteiger partial charge in [0.1, 0.15) is 4.90 Å². The predicted molar refractivity (Wildman–Crippen MR) is 119 cm³/mol. The summed E-state index contributed by atoms with van der Waals surface area (Å²) in [5.74, 6) is -0.419. The molecule has 4 rings (SSSR count). The average molecular weight is 468 g/mol. The molecule has 30 heavy (non-hydrogen) atoms. The number of fused-ring (bicyclic) bond motifs is 1. The summed E-state index contributed by atoms with van der Waals surface area (Å²) in [5.41, 5.74) is 1.23. The summed E-state index contributed by atoms with van der Waals surface area (Å²) in [6, 6.07) is 12.1. The van der Waals surface area contributed by atoms with E-state index in [1.807, 2.05) is 12.1 Å². The van der Waals surface area contributed by atoms with Gasteiger partial charge < -0.3 is 4.90 Å². The van der Waals surface area contributed by atoms with Crippen LogP contribution in [0.1, 0.15) is 23.2 Å². The van der Waals surface area contributed by atoms with Crippen molar-refractivity contribution in [1.82, 2.24) is 9.21 Å². The van der Waals surface area contributed by atoms with E-state index >= 15 is 0 Å². The molecule has 0 N–H and O–H groups in total. The van der Waals surface area contributed by atoms with Crippen LogP contribution in [0, 0.1) is 0 Å². The summed E-state index contributed by atoms with van der Waals surface area (Å²) < 4.78 is 26.2. The Morgan fingerprint density at radius 2 is 1.57 bits per heavy atom. The van der Waals surface area contributed by atoms with Gasteiger partial charge in [-0.1, -0.05) is 41.4 Å². The molecule has 160 valence electrons. The molecule has 0 spiro atoms. The summed E-state index contributed by atoms with van der Waals surface area (Å²) in [7, 11) is -3.71. The highest BCUT2D eigenvalue weighted by molar-refractivity contribution is 7.90. The summed E-state index contributed by atoms with van der Waals surface area (Å²) in [6.07, 6.45) is 1.47. The van der Waals surface area contributed by atoms with Crippen molar-refractivity contribution in [1.29, 1.82) is 0 Å². The number of rotatable bonds is 6.